The van der Waals surface area contributed by atoms with E-state index < -0.39 is 0 Å². The summed E-state index contributed by atoms with van der Waals surface area (Å²) in [5.74, 6) is 0. The van der Waals surface area contributed by atoms with E-state index >= 15 is 0 Å². The van der Waals surface area contributed by atoms with Crippen LogP contribution in [0.15, 0.2) is 36.5 Å². The summed E-state index contributed by atoms with van der Waals surface area (Å²) in [6.07, 6.45) is 4.22. The molecule has 1 fully saturated rings. The predicted octanol–water partition coefficient (Wildman–Crippen LogP) is 2.16. The van der Waals surface area contributed by atoms with Gasteiger partial charge in [-0.1, -0.05) is 12.1 Å². The molecule has 0 aliphatic carbocycles. The van der Waals surface area contributed by atoms with Gasteiger partial charge in [0.05, 0.1) is 5.52 Å². The Morgan fingerprint density at radius 1 is 1.33 bits per heavy atom. The summed E-state index contributed by atoms with van der Waals surface area (Å²) < 4.78 is 0. The first-order valence-electron chi connectivity index (χ1n) is 6.63. The van der Waals surface area contributed by atoms with Crippen LogP contribution in [0.5, 0.6) is 0 Å². The highest BCUT2D eigenvalue weighted by Crippen LogP contribution is 2.17. The fraction of sp³-hybridized carbons (Fsp3) is 0.400. The molecule has 2 N–H and O–H groups in total. The highest BCUT2D eigenvalue weighted by atomic mass is 15.1. The number of benzene rings is 1. The van der Waals surface area contributed by atoms with Crippen LogP contribution in [0.3, 0.4) is 0 Å². The number of pyridine rings is 1. The molecule has 1 saturated heterocycles. The second-order valence-corrected chi connectivity index (χ2v) is 5.17. The second kappa shape index (κ2) is 5.04. The zero-order valence-corrected chi connectivity index (χ0v) is 10.5. The number of nitrogens with two attached hydrogens (primary N) is 1. The Morgan fingerprint density at radius 2 is 2.28 bits per heavy atom. The number of piperidine rings is 1. The first kappa shape index (κ1) is 11.6. The quantitative estimate of drug-likeness (QED) is 0.876. The summed E-state index contributed by atoms with van der Waals surface area (Å²) in [4.78, 5) is 6.80. The molecule has 0 radical (unpaired) electrons. The number of hydrogen-bond acceptors (Lipinski definition) is 3. The van der Waals surface area contributed by atoms with Gasteiger partial charge in [0.1, 0.15) is 0 Å². The molecule has 1 atom stereocenters. The lowest BCUT2D eigenvalue weighted by Gasteiger charge is -2.30. The van der Waals surface area contributed by atoms with Crippen molar-refractivity contribution in [3.63, 3.8) is 0 Å². The van der Waals surface area contributed by atoms with Gasteiger partial charge < -0.3 is 5.73 Å². The third kappa shape index (κ3) is 2.52. The van der Waals surface area contributed by atoms with E-state index in [0.717, 1.165) is 25.0 Å². The SMILES string of the molecule is N[C@@H]1CCCN(Cc2ccc3ncccc3c2)C1. The molecular weight excluding hydrogens is 222 g/mol. The van der Waals surface area contributed by atoms with E-state index in [1.807, 2.05) is 12.3 Å². The third-order valence-corrected chi connectivity index (χ3v) is 3.62. The number of aromatic nitrogens is 1. The molecule has 94 valence electrons. The monoisotopic (exact) mass is 241 g/mol. The largest absolute Gasteiger partial charge is 0.327 e. The summed E-state index contributed by atoms with van der Waals surface area (Å²) in [5.41, 5.74) is 8.44. The molecule has 18 heavy (non-hydrogen) atoms. The van der Waals surface area contributed by atoms with Gasteiger partial charge in [0, 0.05) is 30.7 Å². The molecule has 2 aromatic rings. The third-order valence-electron chi connectivity index (χ3n) is 3.62. The van der Waals surface area contributed by atoms with Gasteiger partial charge in [-0.2, -0.15) is 0 Å². The van der Waals surface area contributed by atoms with Crippen LogP contribution in [0.25, 0.3) is 10.9 Å². The molecule has 1 aromatic heterocycles. The van der Waals surface area contributed by atoms with Crippen LogP contribution in [-0.4, -0.2) is 29.0 Å². The van der Waals surface area contributed by atoms with Gasteiger partial charge in [0.25, 0.3) is 0 Å². The Morgan fingerprint density at radius 3 is 3.17 bits per heavy atom. The minimum Gasteiger partial charge on any atom is -0.327 e. The van der Waals surface area contributed by atoms with E-state index in [2.05, 4.69) is 34.1 Å². The molecule has 1 aliphatic heterocycles. The minimum atomic E-state index is 0.348. The highest BCUT2D eigenvalue weighted by molar-refractivity contribution is 5.78. The van der Waals surface area contributed by atoms with Gasteiger partial charge in [0.2, 0.25) is 0 Å². The first-order chi connectivity index (χ1) is 8.81. The van der Waals surface area contributed by atoms with Crippen molar-refractivity contribution in [1.82, 2.24) is 9.88 Å². The summed E-state index contributed by atoms with van der Waals surface area (Å²) in [5, 5.41) is 1.22. The smallest absolute Gasteiger partial charge is 0.0702 e. The molecule has 3 heteroatoms. The van der Waals surface area contributed by atoms with Crippen molar-refractivity contribution < 1.29 is 0 Å². The normalized spacial score (nSPS) is 21.3. The van der Waals surface area contributed by atoms with Crippen molar-refractivity contribution >= 4 is 10.9 Å². The Labute approximate surface area is 108 Å². The topological polar surface area (TPSA) is 42.1 Å². The van der Waals surface area contributed by atoms with E-state index in [4.69, 9.17) is 5.73 Å². The minimum absolute atomic E-state index is 0.348. The van der Waals surface area contributed by atoms with Crippen molar-refractivity contribution in [1.29, 1.82) is 0 Å². The molecule has 1 aliphatic rings. The fourth-order valence-corrected chi connectivity index (χ4v) is 2.72. The number of fused-ring (bicyclic) bond motifs is 1. The number of hydrogen-bond donors (Lipinski definition) is 1. The average molecular weight is 241 g/mol. The van der Waals surface area contributed by atoms with Crippen LogP contribution in [-0.2, 0) is 6.54 Å². The molecule has 3 rings (SSSR count). The molecule has 0 amide bonds. The lowest BCUT2D eigenvalue weighted by molar-refractivity contribution is 0.201. The van der Waals surface area contributed by atoms with Gasteiger partial charge in [-0.25, -0.2) is 0 Å². The molecule has 3 nitrogen and oxygen atoms in total. The van der Waals surface area contributed by atoms with Crippen LogP contribution in [0, 0.1) is 0 Å². The first-order valence-corrected chi connectivity index (χ1v) is 6.63. The highest BCUT2D eigenvalue weighted by Gasteiger charge is 2.16. The Kier molecular flexibility index (Phi) is 3.26. The summed E-state index contributed by atoms with van der Waals surface area (Å²) in [7, 11) is 0. The predicted molar refractivity (Wildman–Crippen MR) is 74.2 cm³/mol. The van der Waals surface area contributed by atoms with Crippen molar-refractivity contribution in [2.75, 3.05) is 13.1 Å². The average Bonchev–Trinajstić information content (AvgIpc) is 2.39. The molecule has 1 aromatic carbocycles. The number of likely N-dealkylation sites (tertiary alicyclic amines) is 1. The summed E-state index contributed by atoms with van der Waals surface area (Å²) in [6.45, 7) is 3.18. The Balaban J connectivity index is 1.78. The lowest BCUT2D eigenvalue weighted by atomic mass is 10.1. The van der Waals surface area contributed by atoms with Crippen molar-refractivity contribution in [3.05, 3.63) is 42.1 Å². The van der Waals surface area contributed by atoms with E-state index in [1.165, 1.54) is 23.9 Å². The van der Waals surface area contributed by atoms with Crippen molar-refractivity contribution in [2.24, 2.45) is 5.73 Å². The maximum Gasteiger partial charge on any atom is 0.0702 e. The van der Waals surface area contributed by atoms with E-state index in [-0.39, 0.29) is 0 Å². The molecular formula is C15H19N3. The number of rotatable bonds is 2. The maximum absolute atomic E-state index is 6.02. The summed E-state index contributed by atoms with van der Waals surface area (Å²) >= 11 is 0. The Hall–Kier alpha value is -1.45. The standard InChI is InChI=1S/C15H19N3/c16-14-4-2-8-18(11-14)10-12-5-6-15-13(9-12)3-1-7-17-15/h1,3,5-7,9,14H,2,4,8,10-11,16H2/t14-/m1/s1. The molecule has 2 heterocycles. The Bertz CT molecular complexity index is 538. The van der Waals surface area contributed by atoms with Gasteiger partial charge in [-0.3, -0.25) is 9.88 Å². The van der Waals surface area contributed by atoms with E-state index in [1.54, 1.807) is 0 Å². The van der Waals surface area contributed by atoms with Crippen LogP contribution in [0.1, 0.15) is 18.4 Å². The lowest BCUT2D eigenvalue weighted by Crippen LogP contribution is -2.42. The van der Waals surface area contributed by atoms with Crippen LogP contribution in [0.2, 0.25) is 0 Å². The van der Waals surface area contributed by atoms with Gasteiger partial charge in [-0.15, -0.1) is 0 Å². The van der Waals surface area contributed by atoms with Crippen LogP contribution in [0.4, 0.5) is 0 Å². The van der Waals surface area contributed by atoms with E-state index in [0.29, 0.717) is 6.04 Å². The zero-order chi connectivity index (χ0) is 12.4. The van der Waals surface area contributed by atoms with E-state index in [9.17, 15) is 0 Å². The van der Waals surface area contributed by atoms with Crippen LogP contribution >= 0.6 is 0 Å². The van der Waals surface area contributed by atoms with Crippen molar-refractivity contribution in [2.45, 2.75) is 25.4 Å². The fourth-order valence-electron chi connectivity index (χ4n) is 2.72. The molecule has 0 spiro atoms. The van der Waals surface area contributed by atoms with Gasteiger partial charge in [-0.05, 0) is 43.1 Å². The molecule has 0 saturated carbocycles. The molecule has 0 unspecified atom stereocenters. The second-order valence-electron chi connectivity index (χ2n) is 5.17. The van der Waals surface area contributed by atoms with Crippen LogP contribution < -0.4 is 5.73 Å². The molecule has 0 bridgehead atoms. The summed E-state index contributed by atoms with van der Waals surface area (Å²) in [6, 6.07) is 11.0. The van der Waals surface area contributed by atoms with Gasteiger partial charge >= 0.3 is 0 Å². The van der Waals surface area contributed by atoms with Gasteiger partial charge in [0.15, 0.2) is 0 Å². The zero-order valence-electron chi connectivity index (χ0n) is 10.5. The van der Waals surface area contributed by atoms with Crippen molar-refractivity contribution in [3.8, 4) is 0 Å². The number of nitrogens with zero attached hydrogens (tertiary/aromatic N) is 2. The maximum atomic E-state index is 6.02.